The summed E-state index contributed by atoms with van der Waals surface area (Å²) in [5, 5.41) is 3.67. The Hall–Kier alpha value is -0.250. The second kappa shape index (κ2) is 3.64. The molecule has 0 radical (unpaired) electrons. The van der Waals surface area contributed by atoms with Gasteiger partial charge in [0.1, 0.15) is 10.0 Å². The Morgan fingerprint density at radius 3 is 2.42 bits per heavy atom. The lowest BCUT2D eigenvalue weighted by Gasteiger charge is -2.02. The van der Waals surface area contributed by atoms with Gasteiger partial charge in [0.25, 0.3) is 5.56 Å². The van der Waals surface area contributed by atoms with Crippen molar-refractivity contribution in [2.24, 2.45) is 0 Å². The highest BCUT2D eigenvalue weighted by molar-refractivity contribution is 6.47. The van der Waals surface area contributed by atoms with Crippen LogP contribution in [0.1, 0.15) is 6.92 Å². The molecule has 0 bridgehead atoms. The van der Waals surface area contributed by atoms with Crippen LogP contribution in [0.25, 0.3) is 0 Å². The lowest BCUT2D eigenvalue weighted by Crippen LogP contribution is -2.22. The predicted molar refractivity (Wildman–Crippen MR) is 49.2 cm³/mol. The van der Waals surface area contributed by atoms with Gasteiger partial charge in [-0.1, -0.05) is 34.8 Å². The Balaban J connectivity index is 3.50. The van der Waals surface area contributed by atoms with Crippen LogP contribution in [0.3, 0.4) is 0 Å². The molecule has 12 heavy (non-hydrogen) atoms. The summed E-state index contributed by atoms with van der Waals surface area (Å²) in [6.07, 6.45) is 0. The molecule has 1 rings (SSSR count). The van der Waals surface area contributed by atoms with Crippen molar-refractivity contribution in [3.05, 3.63) is 25.6 Å². The first-order chi connectivity index (χ1) is 5.57. The van der Waals surface area contributed by atoms with Gasteiger partial charge in [-0.15, -0.1) is 0 Å². The van der Waals surface area contributed by atoms with E-state index in [2.05, 4.69) is 5.10 Å². The summed E-state index contributed by atoms with van der Waals surface area (Å²) < 4.78 is 1.15. The Labute approximate surface area is 83.9 Å². The maximum Gasteiger partial charge on any atom is 0.287 e. The van der Waals surface area contributed by atoms with Crippen molar-refractivity contribution in [3.8, 4) is 0 Å². The van der Waals surface area contributed by atoms with Crippen molar-refractivity contribution in [2.75, 3.05) is 0 Å². The molecule has 0 atom stereocenters. The summed E-state index contributed by atoms with van der Waals surface area (Å²) in [6, 6.07) is 0. The summed E-state index contributed by atoms with van der Waals surface area (Å²) in [7, 11) is 0. The number of aryl methyl sites for hydroxylation is 1. The zero-order valence-electron chi connectivity index (χ0n) is 6.14. The molecule has 0 aromatic carbocycles. The Bertz CT molecular complexity index is 361. The Kier molecular flexibility index (Phi) is 2.99. The zero-order valence-corrected chi connectivity index (χ0v) is 8.41. The molecule has 0 aliphatic carbocycles. The van der Waals surface area contributed by atoms with E-state index in [9.17, 15) is 4.79 Å². The minimum Gasteiger partial charge on any atom is -0.266 e. The van der Waals surface area contributed by atoms with Crippen LogP contribution >= 0.6 is 34.8 Å². The monoisotopic (exact) mass is 226 g/mol. The van der Waals surface area contributed by atoms with E-state index in [4.69, 9.17) is 34.8 Å². The van der Waals surface area contributed by atoms with Gasteiger partial charge in [0.2, 0.25) is 0 Å². The average Bonchev–Trinajstić information content (AvgIpc) is 2.08. The van der Waals surface area contributed by atoms with Crippen molar-refractivity contribution >= 4 is 34.8 Å². The highest BCUT2D eigenvalue weighted by Gasteiger charge is 2.11. The van der Waals surface area contributed by atoms with Crippen molar-refractivity contribution in [1.82, 2.24) is 9.78 Å². The van der Waals surface area contributed by atoms with Crippen molar-refractivity contribution in [3.63, 3.8) is 0 Å². The van der Waals surface area contributed by atoms with Gasteiger partial charge in [-0.05, 0) is 6.92 Å². The molecule has 66 valence electrons. The molecule has 1 aromatic heterocycles. The third-order valence-corrected chi connectivity index (χ3v) is 2.48. The van der Waals surface area contributed by atoms with Crippen LogP contribution in [0.2, 0.25) is 15.2 Å². The number of aromatic nitrogens is 2. The molecule has 6 heteroatoms. The van der Waals surface area contributed by atoms with Crippen molar-refractivity contribution in [1.29, 1.82) is 0 Å². The predicted octanol–water partition coefficient (Wildman–Crippen LogP) is 2.22. The van der Waals surface area contributed by atoms with Crippen LogP contribution < -0.4 is 5.56 Å². The smallest absolute Gasteiger partial charge is 0.266 e. The molecule has 1 aromatic rings. The first kappa shape index (κ1) is 9.84. The molecule has 0 N–H and O–H groups in total. The largest absolute Gasteiger partial charge is 0.287 e. The van der Waals surface area contributed by atoms with Crippen LogP contribution in [0.4, 0.5) is 0 Å². The molecule has 0 amide bonds. The summed E-state index contributed by atoms with van der Waals surface area (Å²) >= 11 is 16.7. The van der Waals surface area contributed by atoms with Gasteiger partial charge >= 0.3 is 0 Å². The number of hydrogen-bond donors (Lipinski definition) is 0. The van der Waals surface area contributed by atoms with Crippen LogP contribution in [0.15, 0.2) is 4.79 Å². The molecular weight excluding hydrogens is 222 g/mol. The van der Waals surface area contributed by atoms with Crippen LogP contribution in [-0.2, 0) is 6.54 Å². The molecule has 0 aliphatic heterocycles. The highest BCUT2D eigenvalue weighted by atomic mass is 35.5. The number of hydrogen-bond acceptors (Lipinski definition) is 2. The number of nitrogens with zero attached hydrogens (tertiary/aromatic N) is 2. The van der Waals surface area contributed by atoms with E-state index in [0.29, 0.717) is 6.54 Å². The Morgan fingerprint density at radius 1 is 1.33 bits per heavy atom. The summed E-state index contributed by atoms with van der Waals surface area (Å²) in [6.45, 7) is 2.17. The summed E-state index contributed by atoms with van der Waals surface area (Å²) in [5.74, 6) is 0. The lowest BCUT2D eigenvalue weighted by molar-refractivity contribution is 0.616. The van der Waals surface area contributed by atoms with Crippen molar-refractivity contribution in [2.45, 2.75) is 13.5 Å². The van der Waals surface area contributed by atoms with E-state index >= 15 is 0 Å². The van der Waals surface area contributed by atoms with Crippen LogP contribution in [-0.4, -0.2) is 9.78 Å². The van der Waals surface area contributed by atoms with E-state index in [-0.39, 0.29) is 15.2 Å². The van der Waals surface area contributed by atoms with Gasteiger partial charge in [0.15, 0.2) is 5.15 Å². The normalized spacial score (nSPS) is 10.3. The first-order valence-electron chi connectivity index (χ1n) is 3.19. The minimum atomic E-state index is -0.423. The van der Waals surface area contributed by atoms with E-state index in [1.165, 1.54) is 0 Å². The van der Waals surface area contributed by atoms with Gasteiger partial charge < -0.3 is 0 Å². The zero-order chi connectivity index (χ0) is 9.30. The molecule has 0 unspecified atom stereocenters. The lowest BCUT2D eigenvalue weighted by atomic mass is 10.5. The van der Waals surface area contributed by atoms with E-state index in [0.717, 1.165) is 4.68 Å². The summed E-state index contributed by atoms with van der Waals surface area (Å²) in [4.78, 5) is 11.2. The molecular formula is C6H5Cl3N2O. The van der Waals surface area contributed by atoms with E-state index < -0.39 is 5.56 Å². The van der Waals surface area contributed by atoms with Crippen LogP contribution in [0.5, 0.6) is 0 Å². The third-order valence-electron chi connectivity index (χ3n) is 1.30. The molecule has 0 fully saturated rings. The molecule has 0 saturated carbocycles. The third kappa shape index (κ3) is 1.58. The maximum absolute atomic E-state index is 11.2. The van der Waals surface area contributed by atoms with Gasteiger partial charge in [-0.2, -0.15) is 5.10 Å². The fraction of sp³-hybridized carbons (Fsp3) is 0.333. The average molecular weight is 227 g/mol. The Morgan fingerprint density at radius 2 is 1.92 bits per heavy atom. The van der Waals surface area contributed by atoms with Gasteiger partial charge in [0.05, 0.1) is 0 Å². The summed E-state index contributed by atoms with van der Waals surface area (Å²) in [5.41, 5.74) is -0.423. The fourth-order valence-electron chi connectivity index (χ4n) is 0.707. The molecule has 0 spiro atoms. The van der Waals surface area contributed by atoms with Gasteiger partial charge in [0, 0.05) is 6.54 Å². The van der Waals surface area contributed by atoms with Crippen LogP contribution in [0, 0.1) is 0 Å². The topological polar surface area (TPSA) is 34.9 Å². The second-order valence-electron chi connectivity index (χ2n) is 2.04. The molecule has 1 heterocycles. The van der Waals surface area contributed by atoms with E-state index in [1.54, 1.807) is 6.92 Å². The van der Waals surface area contributed by atoms with Crippen molar-refractivity contribution < 1.29 is 0 Å². The maximum atomic E-state index is 11.2. The quantitative estimate of drug-likeness (QED) is 0.737. The second-order valence-corrected chi connectivity index (χ2v) is 3.15. The fourth-order valence-corrected chi connectivity index (χ4v) is 1.25. The number of rotatable bonds is 1. The molecule has 0 aliphatic rings. The molecule has 3 nitrogen and oxygen atoms in total. The van der Waals surface area contributed by atoms with Gasteiger partial charge in [-0.3, -0.25) is 4.79 Å². The highest BCUT2D eigenvalue weighted by Crippen LogP contribution is 2.23. The molecule has 0 saturated heterocycles. The minimum absolute atomic E-state index is 0.00744. The standard InChI is InChI=1S/C6H5Cl3N2O/c1-2-11-6(12)4(8)3(7)5(9)10-11/h2H2,1H3. The SMILES string of the molecule is CCn1nc(Cl)c(Cl)c(Cl)c1=O. The van der Waals surface area contributed by atoms with Gasteiger partial charge in [-0.25, -0.2) is 4.68 Å². The van der Waals surface area contributed by atoms with E-state index in [1.807, 2.05) is 0 Å². The first-order valence-corrected chi connectivity index (χ1v) is 4.33. The number of halogens is 3.